The lowest BCUT2D eigenvalue weighted by Gasteiger charge is -2.35. The van der Waals surface area contributed by atoms with Crippen molar-refractivity contribution in [1.29, 1.82) is 0 Å². The van der Waals surface area contributed by atoms with Gasteiger partial charge in [0.15, 0.2) is 0 Å². The third-order valence-corrected chi connectivity index (χ3v) is 6.45. The normalized spacial score (nSPS) is 15.1. The molecule has 3 heterocycles. The number of rotatable bonds is 12. The van der Waals surface area contributed by atoms with Crippen molar-refractivity contribution in [2.75, 3.05) is 27.2 Å². The number of hydrogen-bond donors (Lipinski definition) is 1. The van der Waals surface area contributed by atoms with Crippen LogP contribution in [0.4, 0.5) is 0 Å². The Morgan fingerprint density at radius 1 is 1.20 bits per heavy atom. The molecule has 0 saturated carbocycles. The van der Waals surface area contributed by atoms with Gasteiger partial charge in [0, 0.05) is 31.3 Å². The molecule has 9 heteroatoms. The van der Waals surface area contributed by atoms with Crippen LogP contribution in [0.25, 0.3) is 22.4 Å². The van der Waals surface area contributed by atoms with Crippen LogP contribution in [0.5, 0.6) is 5.88 Å². The molecule has 1 amide bonds. The van der Waals surface area contributed by atoms with Crippen molar-refractivity contribution < 1.29 is 18.7 Å². The molecule has 9 nitrogen and oxygen atoms in total. The number of methoxy groups -OCH3 is 1. The fourth-order valence-electron chi connectivity index (χ4n) is 4.33. The molecule has 1 aromatic carbocycles. The number of aromatic nitrogens is 3. The highest BCUT2D eigenvalue weighted by molar-refractivity contribution is 5.84. The summed E-state index contributed by atoms with van der Waals surface area (Å²) in [5.41, 5.74) is 1.42. The van der Waals surface area contributed by atoms with Crippen molar-refractivity contribution in [2.45, 2.75) is 51.5 Å². The lowest BCUT2D eigenvalue weighted by Crippen LogP contribution is -2.52. The summed E-state index contributed by atoms with van der Waals surface area (Å²) in [5.74, 6) is 1.31. The van der Waals surface area contributed by atoms with E-state index in [1.165, 1.54) is 0 Å². The SMILES string of the molecule is CCC(=O)CCCCC[C@H](NC(=O)C1CN(C)C1)c1nnc(-c2cc3ccccc3nc2OC)o1. The van der Waals surface area contributed by atoms with Crippen molar-refractivity contribution in [2.24, 2.45) is 5.92 Å². The Bertz CT molecular complexity index is 1170. The fourth-order valence-corrected chi connectivity index (χ4v) is 4.33. The first-order valence-corrected chi connectivity index (χ1v) is 12.3. The Hall–Kier alpha value is -3.33. The number of ether oxygens (including phenoxy) is 1. The van der Waals surface area contributed by atoms with E-state index >= 15 is 0 Å². The van der Waals surface area contributed by atoms with Crippen LogP contribution in [0.2, 0.25) is 0 Å². The summed E-state index contributed by atoms with van der Waals surface area (Å²) in [6.07, 6.45) is 4.41. The highest BCUT2D eigenvalue weighted by Crippen LogP contribution is 2.32. The van der Waals surface area contributed by atoms with Gasteiger partial charge in [0.1, 0.15) is 17.4 Å². The molecular weight excluding hydrogens is 446 g/mol. The number of para-hydroxylation sites is 1. The van der Waals surface area contributed by atoms with E-state index in [0.29, 0.717) is 42.5 Å². The molecule has 1 fully saturated rings. The van der Waals surface area contributed by atoms with E-state index in [4.69, 9.17) is 9.15 Å². The molecule has 1 saturated heterocycles. The predicted octanol–water partition coefficient (Wildman–Crippen LogP) is 3.94. The van der Waals surface area contributed by atoms with Gasteiger partial charge in [0.2, 0.25) is 17.7 Å². The molecule has 0 spiro atoms. The molecule has 0 bridgehead atoms. The topological polar surface area (TPSA) is 110 Å². The number of amides is 1. The van der Waals surface area contributed by atoms with Crippen molar-refractivity contribution in [3.8, 4) is 17.3 Å². The molecule has 186 valence electrons. The van der Waals surface area contributed by atoms with Gasteiger partial charge in [-0.05, 0) is 32.0 Å². The summed E-state index contributed by atoms with van der Waals surface area (Å²) < 4.78 is 11.6. The Morgan fingerprint density at radius 2 is 2.00 bits per heavy atom. The van der Waals surface area contributed by atoms with Crippen molar-refractivity contribution in [3.05, 3.63) is 36.2 Å². The van der Waals surface area contributed by atoms with Gasteiger partial charge in [-0.2, -0.15) is 0 Å². The van der Waals surface area contributed by atoms with E-state index < -0.39 is 6.04 Å². The largest absolute Gasteiger partial charge is 0.480 e. The Kier molecular flexibility index (Phi) is 8.07. The number of carbonyl (C=O) groups is 2. The van der Waals surface area contributed by atoms with Gasteiger partial charge < -0.3 is 19.4 Å². The minimum Gasteiger partial charge on any atom is -0.480 e. The number of likely N-dealkylation sites (tertiary alicyclic amines) is 1. The zero-order valence-corrected chi connectivity index (χ0v) is 20.6. The zero-order valence-electron chi connectivity index (χ0n) is 20.6. The van der Waals surface area contributed by atoms with Crippen LogP contribution in [0, 0.1) is 5.92 Å². The lowest BCUT2D eigenvalue weighted by molar-refractivity contribution is -0.130. The monoisotopic (exact) mass is 479 g/mol. The van der Waals surface area contributed by atoms with Gasteiger partial charge in [-0.1, -0.05) is 38.0 Å². The molecule has 4 rings (SSSR count). The van der Waals surface area contributed by atoms with Gasteiger partial charge in [0.25, 0.3) is 5.89 Å². The maximum absolute atomic E-state index is 12.8. The molecule has 1 atom stereocenters. The van der Waals surface area contributed by atoms with Crippen molar-refractivity contribution in [3.63, 3.8) is 0 Å². The molecule has 0 radical (unpaired) electrons. The summed E-state index contributed by atoms with van der Waals surface area (Å²) in [5, 5.41) is 12.6. The number of carbonyl (C=O) groups excluding carboxylic acids is 2. The number of ketones is 1. The van der Waals surface area contributed by atoms with Gasteiger partial charge in [-0.3, -0.25) is 9.59 Å². The predicted molar refractivity (Wildman–Crippen MR) is 132 cm³/mol. The Labute approximate surface area is 205 Å². The van der Waals surface area contributed by atoms with E-state index in [0.717, 1.165) is 43.3 Å². The van der Waals surface area contributed by atoms with E-state index in [9.17, 15) is 9.59 Å². The third-order valence-electron chi connectivity index (χ3n) is 6.45. The average Bonchev–Trinajstić information content (AvgIpc) is 3.34. The van der Waals surface area contributed by atoms with Crippen LogP contribution in [0.15, 0.2) is 34.7 Å². The molecule has 3 aromatic rings. The molecule has 1 aliphatic heterocycles. The van der Waals surface area contributed by atoms with Gasteiger partial charge in [-0.25, -0.2) is 4.98 Å². The van der Waals surface area contributed by atoms with Gasteiger partial charge in [0.05, 0.1) is 18.5 Å². The second-order valence-electron chi connectivity index (χ2n) is 9.15. The zero-order chi connectivity index (χ0) is 24.8. The van der Waals surface area contributed by atoms with Crippen molar-refractivity contribution >= 4 is 22.6 Å². The summed E-state index contributed by atoms with van der Waals surface area (Å²) >= 11 is 0. The van der Waals surface area contributed by atoms with E-state index in [1.54, 1.807) is 7.11 Å². The third kappa shape index (κ3) is 6.03. The lowest BCUT2D eigenvalue weighted by atomic mass is 9.99. The first kappa shape index (κ1) is 24.8. The number of nitrogens with one attached hydrogen (secondary N) is 1. The smallest absolute Gasteiger partial charge is 0.253 e. The molecule has 35 heavy (non-hydrogen) atoms. The maximum atomic E-state index is 12.8. The Balaban J connectivity index is 1.51. The second-order valence-corrected chi connectivity index (χ2v) is 9.15. The minimum atomic E-state index is -0.393. The molecule has 2 aromatic heterocycles. The maximum Gasteiger partial charge on any atom is 0.253 e. The number of fused-ring (bicyclic) bond motifs is 1. The van der Waals surface area contributed by atoms with Gasteiger partial charge in [-0.15, -0.1) is 10.2 Å². The summed E-state index contributed by atoms with van der Waals surface area (Å²) in [4.78, 5) is 31.0. The quantitative estimate of drug-likeness (QED) is 0.389. The molecule has 0 aliphatic carbocycles. The van der Waals surface area contributed by atoms with Crippen LogP contribution >= 0.6 is 0 Å². The van der Waals surface area contributed by atoms with Crippen LogP contribution in [-0.4, -0.2) is 59.0 Å². The molecule has 1 N–H and O–H groups in total. The van der Waals surface area contributed by atoms with Crippen LogP contribution in [0.1, 0.15) is 57.4 Å². The van der Waals surface area contributed by atoms with Crippen LogP contribution < -0.4 is 10.1 Å². The van der Waals surface area contributed by atoms with E-state index in [-0.39, 0.29) is 17.6 Å². The molecule has 1 aliphatic rings. The fraction of sp³-hybridized carbons (Fsp3) is 0.500. The van der Waals surface area contributed by atoms with Crippen LogP contribution in [0.3, 0.4) is 0 Å². The average molecular weight is 480 g/mol. The van der Waals surface area contributed by atoms with Crippen molar-refractivity contribution in [1.82, 2.24) is 25.4 Å². The summed E-state index contributed by atoms with van der Waals surface area (Å²) in [7, 11) is 3.55. The summed E-state index contributed by atoms with van der Waals surface area (Å²) in [6.45, 7) is 3.37. The number of hydrogen-bond acceptors (Lipinski definition) is 8. The number of benzene rings is 1. The van der Waals surface area contributed by atoms with Gasteiger partial charge >= 0.3 is 0 Å². The summed E-state index contributed by atoms with van der Waals surface area (Å²) in [6, 6.07) is 9.27. The highest BCUT2D eigenvalue weighted by Gasteiger charge is 2.32. The first-order chi connectivity index (χ1) is 17.0. The van der Waals surface area contributed by atoms with E-state index in [2.05, 4.69) is 25.4 Å². The standard InChI is InChI=1S/C26H33N5O4/c1-4-19(32)11-6-5-7-13-22(27-23(33)18-15-31(2)16-18)26-30-29-25(35-26)20-14-17-10-8-9-12-21(17)28-24(20)34-3/h8-10,12,14,18,22H,4-7,11,13,15-16H2,1-3H3,(H,27,33)/t22-/m0/s1. The van der Waals surface area contributed by atoms with Crippen LogP contribution in [-0.2, 0) is 9.59 Å². The molecular formula is C26H33N5O4. The molecule has 0 unspecified atom stereocenters. The number of nitrogens with zero attached hydrogens (tertiary/aromatic N) is 4. The second kappa shape index (κ2) is 11.4. The Morgan fingerprint density at radius 3 is 2.74 bits per heavy atom. The van der Waals surface area contributed by atoms with E-state index in [1.807, 2.05) is 44.3 Å². The highest BCUT2D eigenvalue weighted by atomic mass is 16.5. The first-order valence-electron chi connectivity index (χ1n) is 12.3. The minimum absolute atomic E-state index is 0.000960. The number of unbranched alkanes of at least 4 members (excludes halogenated alkanes) is 2. The number of Topliss-reactive ketones (excluding diaryl/α,β-unsaturated/α-hetero) is 1. The number of pyridine rings is 1.